The van der Waals surface area contributed by atoms with E-state index in [4.69, 9.17) is 14.2 Å². The van der Waals surface area contributed by atoms with Crippen molar-refractivity contribution in [1.82, 2.24) is 0 Å². The van der Waals surface area contributed by atoms with Gasteiger partial charge in [0.2, 0.25) is 0 Å². The van der Waals surface area contributed by atoms with Crippen LogP contribution in [0, 0.1) is 0 Å². The Morgan fingerprint density at radius 2 is 0.440 bits per heavy atom. The van der Waals surface area contributed by atoms with Crippen molar-refractivity contribution in [2.75, 3.05) is 13.2 Å². The van der Waals surface area contributed by atoms with E-state index in [1.165, 1.54) is 283 Å². The van der Waals surface area contributed by atoms with E-state index >= 15 is 0 Å². The van der Waals surface area contributed by atoms with Gasteiger partial charge in [-0.2, -0.15) is 0 Å². The molecule has 1 atom stereocenters. The summed E-state index contributed by atoms with van der Waals surface area (Å²) in [6.07, 6.45) is 77.6. The average molecular weight is 1060 g/mol. The Morgan fingerprint density at radius 3 is 0.667 bits per heavy atom. The molecule has 0 heterocycles. The van der Waals surface area contributed by atoms with Gasteiger partial charge in [-0.05, 0) is 70.6 Å². The third-order valence-electron chi connectivity index (χ3n) is 15.4. The highest BCUT2D eigenvalue weighted by Gasteiger charge is 2.19. The lowest BCUT2D eigenvalue weighted by atomic mass is 10.0. The van der Waals surface area contributed by atoms with Gasteiger partial charge in [-0.15, -0.1) is 0 Å². The molecule has 0 spiro atoms. The number of ether oxygens (including phenoxy) is 3. The minimum atomic E-state index is -0.771. The molecule has 0 unspecified atom stereocenters. The molecule has 442 valence electrons. The number of hydrogen-bond donors (Lipinski definition) is 0. The molecular formula is C69H130O6. The topological polar surface area (TPSA) is 78.9 Å². The molecule has 0 saturated heterocycles. The zero-order valence-corrected chi connectivity index (χ0v) is 50.8. The number of carbonyl (C=O) groups excluding carboxylic acids is 3. The van der Waals surface area contributed by atoms with Crippen molar-refractivity contribution in [2.45, 2.75) is 386 Å². The fourth-order valence-corrected chi connectivity index (χ4v) is 10.3. The first-order chi connectivity index (χ1) is 37.0. The van der Waals surface area contributed by atoms with Crippen LogP contribution in [-0.4, -0.2) is 37.2 Å². The van der Waals surface area contributed by atoms with Crippen molar-refractivity contribution in [3.63, 3.8) is 0 Å². The first kappa shape index (κ1) is 72.9. The maximum atomic E-state index is 12.9. The van der Waals surface area contributed by atoms with E-state index < -0.39 is 6.10 Å². The van der Waals surface area contributed by atoms with Crippen LogP contribution in [0.25, 0.3) is 0 Å². The molecule has 0 amide bonds. The van der Waals surface area contributed by atoms with Gasteiger partial charge in [-0.25, -0.2) is 0 Å². The predicted molar refractivity (Wildman–Crippen MR) is 326 cm³/mol. The van der Waals surface area contributed by atoms with Gasteiger partial charge < -0.3 is 14.2 Å². The third-order valence-corrected chi connectivity index (χ3v) is 15.4. The van der Waals surface area contributed by atoms with E-state index in [0.717, 1.165) is 57.8 Å². The maximum absolute atomic E-state index is 12.9. The Labute approximate surface area is 468 Å². The Hall–Kier alpha value is -2.11. The molecule has 6 heteroatoms. The molecule has 0 aromatic carbocycles. The predicted octanol–water partition coefficient (Wildman–Crippen LogP) is 23.0. The first-order valence-electron chi connectivity index (χ1n) is 33.8. The van der Waals surface area contributed by atoms with Gasteiger partial charge in [0.05, 0.1) is 0 Å². The third kappa shape index (κ3) is 62.6. The zero-order valence-electron chi connectivity index (χ0n) is 50.8. The summed E-state index contributed by atoms with van der Waals surface area (Å²) in [5, 5.41) is 0. The summed E-state index contributed by atoms with van der Waals surface area (Å²) in [7, 11) is 0. The Bertz CT molecular complexity index is 1210. The lowest BCUT2D eigenvalue weighted by molar-refractivity contribution is -0.167. The number of carbonyl (C=O) groups is 3. The average Bonchev–Trinajstić information content (AvgIpc) is 3.41. The quantitative estimate of drug-likeness (QED) is 0.0261. The first-order valence-corrected chi connectivity index (χ1v) is 33.8. The van der Waals surface area contributed by atoms with E-state index in [1.54, 1.807) is 0 Å². The molecule has 0 aromatic heterocycles. The summed E-state index contributed by atoms with van der Waals surface area (Å²) in [5.74, 6) is -0.842. The molecule has 0 fully saturated rings. The van der Waals surface area contributed by atoms with Crippen molar-refractivity contribution in [3.8, 4) is 0 Å². The van der Waals surface area contributed by atoms with Crippen LogP contribution in [0.1, 0.15) is 380 Å². The van der Waals surface area contributed by atoms with E-state index in [9.17, 15) is 14.4 Å². The summed E-state index contributed by atoms with van der Waals surface area (Å²) in [6.45, 7) is 6.71. The second kappa shape index (κ2) is 64.4. The van der Waals surface area contributed by atoms with Gasteiger partial charge in [-0.3, -0.25) is 14.4 Å². The van der Waals surface area contributed by atoms with Gasteiger partial charge in [-0.1, -0.05) is 315 Å². The Kier molecular flexibility index (Phi) is 62.6. The van der Waals surface area contributed by atoms with Crippen molar-refractivity contribution < 1.29 is 28.6 Å². The largest absolute Gasteiger partial charge is 0.462 e. The molecule has 0 aromatic rings. The lowest BCUT2D eigenvalue weighted by Crippen LogP contribution is -2.30. The van der Waals surface area contributed by atoms with Gasteiger partial charge in [0.25, 0.3) is 0 Å². The highest BCUT2D eigenvalue weighted by atomic mass is 16.6. The minimum absolute atomic E-state index is 0.0672. The van der Waals surface area contributed by atoms with Gasteiger partial charge >= 0.3 is 17.9 Å². The number of unbranched alkanes of at least 4 members (excludes halogenated alkanes) is 48. The fourth-order valence-electron chi connectivity index (χ4n) is 10.3. The van der Waals surface area contributed by atoms with Crippen LogP contribution in [0.5, 0.6) is 0 Å². The maximum Gasteiger partial charge on any atom is 0.306 e. The van der Waals surface area contributed by atoms with E-state index in [0.29, 0.717) is 19.3 Å². The van der Waals surface area contributed by atoms with Crippen molar-refractivity contribution >= 4 is 17.9 Å². The van der Waals surface area contributed by atoms with E-state index in [2.05, 4.69) is 45.1 Å². The van der Waals surface area contributed by atoms with Crippen molar-refractivity contribution in [2.24, 2.45) is 0 Å². The van der Waals surface area contributed by atoms with Gasteiger partial charge in [0.1, 0.15) is 13.2 Å². The molecule has 0 aliphatic heterocycles. The highest BCUT2D eigenvalue weighted by molar-refractivity contribution is 5.71. The molecule has 0 aliphatic rings. The van der Waals surface area contributed by atoms with E-state index in [-0.39, 0.29) is 31.1 Å². The summed E-state index contributed by atoms with van der Waals surface area (Å²) >= 11 is 0. The Morgan fingerprint density at radius 1 is 0.253 bits per heavy atom. The molecule has 75 heavy (non-hydrogen) atoms. The molecule has 0 radical (unpaired) electrons. The summed E-state index contributed by atoms with van der Waals surface area (Å²) in [5.41, 5.74) is 0. The smallest absolute Gasteiger partial charge is 0.306 e. The van der Waals surface area contributed by atoms with E-state index in [1.807, 2.05) is 0 Å². The molecule has 6 nitrogen and oxygen atoms in total. The van der Waals surface area contributed by atoms with Crippen LogP contribution in [-0.2, 0) is 28.6 Å². The molecule has 0 saturated carbocycles. The lowest BCUT2D eigenvalue weighted by Gasteiger charge is -2.18. The molecule has 0 rings (SSSR count). The van der Waals surface area contributed by atoms with Gasteiger partial charge in [0, 0.05) is 19.3 Å². The molecular weight excluding hydrogens is 925 g/mol. The van der Waals surface area contributed by atoms with Crippen LogP contribution >= 0.6 is 0 Å². The number of hydrogen-bond acceptors (Lipinski definition) is 6. The van der Waals surface area contributed by atoms with Crippen LogP contribution in [0.4, 0.5) is 0 Å². The molecule has 0 aliphatic carbocycles. The standard InChI is InChI=1S/C69H130O6/c1-4-7-10-13-16-19-22-25-28-31-33-34-36-39-42-45-48-51-54-57-60-63-69(72)75-66(64-73-67(70)61-58-55-52-49-46-43-40-37-30-27-24-21-18-15-12-9-6-3)65-74-68(71)62-59-56-53-50-47-44-41-38-35-32-29-26-23-20-17-14-11-8-5-2/h25,27-28,30,66H,4-24,26,29,31-65H2,1-3H3/b28-25-,30-27-/t66-/m1/s1. The normalized spacial score (nSPS) is 12.1. The van der Waals surface area contributed by atoms with Crippen molar-refractivity contribution in [1.29, 1.82) is 0 Å². The SMILES string of the molecule is CCCCCCCC/C=C\CCCCCCCCCCCCCC(=O)O[C@H](COC(=O)CCCCCCCCC/C=C\CCCCCCCC)COC(=O)CCCCCCCCCCCCCCCCCCCCC. The number of allylic oxidation sites excluding steroid dienone is 4. The minimum Gasteiger partial charge on any atom is -0.462 e. The molecule has 0 bridgehead atoms. The number of rotatable bonds is 63. The highest BCUT2D eigenvalue weighted by Crippen LogP contribution is 2.18. The fraction of sp³-hybridized carbons (Fsp3) is 0.899. The summed E-state index contributed by atoms with van der Waals surface area (Å²) < 4.78 is 17.0. The second-order valence-corrected chi connectivity index (χ2v) is 23.1. The van der Waals surface area contributed by atoms with Crippen LogP contribution in [0.15, 0.2) is 24.3 Å². The Balaban J connectivity index is 4.31. The van der Waals surface area contributed by atoms with Crippen molar-refractivity contribution in [3.05, 3.63) is 24.3 Å². The van der Waals surface area contributed by atoms with Crippen LogP contribution in [0.3, 0.4) is 0 Å². The summed E-state index contributed by atoms with van der Waals surface area (Å²) in [4.78, 5) is 38.4. The van der Waals surface area contributed by atoms with Gasteiger partial charge in [0.15, 0.2) is 6.10 Å². The molecule has 0 N–H and O–H groups in total. The monoisotopic (exact) mass is 1050 g/mol. The van der Waals surface area contributed by atoms with Crippen LogP contribution < -0.4 is 0 Å². The summed E-state index contributed by atoms with van der Waals surface area (Å²) in [6, 6.07) is 0. The number of esters is 3. The zero-order chi connectivity index (χ0) is 54.3. The second-order valence-electron chi connectivity index (χ2n) is 23.1. The van der Waals surface area contributed by atoms with Crippen LogP contribution in [0.2, 0.25) is 0 Å².